The van der Waals surface area contributed by atoms with E-state index in [0.29, 0.717) is 13.1 Å². The first-order chi connectivity index (χ1) is 10.2. The fourth-order valence-electron chi connectivity index (χ4n) is 1.82. The van der Waals surface area contributed by atoms with Crippen molar-refractivity contribution in [3.05, 3.63) is 29.8 Å². The van der Waals surface area contributed by atoms with Crippen molar-refractivity contribution in [3.63, 3.8) is 0 Å². The number of carbonyl (C=O) groups is 1. The Bertz CT molecular complexity index is 420. The van der Waals surface area contributed by atoms with Crippen LogP contribution < -0.4 is 15.8 Å². The lowest BCUT2D eigenvalue weighted by atomic mass is 10.2. The van der Waals surface area contributed by atoms with Gasteiger partial charge in [0.05, 0.1) is 19.1 Å². The number of methoxy groups -OCH3 is 1. The van der Waals surface area contributed by atoms with Crippen molar-refractivity contribution in [2.45, 2.75) is 38.8 Å². The molecule has 1 amide bonds. The highest BCUT2D eigenvalue weighted by Gasteiger charge is 2.10. The number of carbonyl (C=O) groups excluding carboxylic acids is 1. The molecule has 0 saturated carbocycles. The van der Waals surface area contributed by atoms with E-state index in [1.807, 2.05) is 24.3 Å². The van der Waals surface area contributed by atoms with Gasteiger partial charge in [0.15, 0.2) is 0 Å². The van der Waals surface area contributed by atoms with Crippen LogP contribution in [0, 0.1) is 0 Å². The third-order valence-electron chi connectivity index (χ3n) is 3.16. The molecule has 1 atom stereocenters. The van der Waals surface area contributed by atoms with E-state index in [-0.39, 0.29) is 18.4 Å². The lowest BCUT2D eigenvalue weighted by Gasteiger charge is -2.13. The second-order valence-corrected chi connectivity index (χ2v) is 4.92. The quantitative estimate of drug-likeness (QED) is 0.646. The van der Waals surface area contributed by atoms with E-state index in [9.17, 15) is 4.79 Å². The second kappa shape index (κ2) is 10.2. The Kier molecular flexibility index (Phi) is 8.47. The highest BCUT2D eigenvalue weighted by Crippen LogP contribution is 2.13. The van der Waals surface area contributed by atoms with Gasteiger partial charge in [-0.15, -0.1) is 0 Å². The number of rotatable bonds is 10. The van der Waals surface area contributed by atoms with Crippen LogP contribution in [0.15, 0.2) is 24.3 Å². The summed E-state index contributed by atoms with van der Waals surface area (Å²) >= 11 is 0. The minimum Gasteiger partial charge on any atom is -0.494 e. The third-order valence-corrected chi connectivity index (χ3v) is 3.16. The number of benzene rings is 1. The predicted molar refractivity (Wildman–Crippen MR) is 83.2 cm³/mol. The van der Waals surface area contributed by atoms with E-state index < -0.39 is 0 Å². The maximum absolute atomic E-state index is 11.8. The highest BCUT2D eigenvalue weighted by atomic mass is 16.5. The van der Waals surface area contributed by atoms with Crippen LogP contribution in [0.2, 0.25) is 0 Å². The summed E-state index contributed by atoms with van der Waals surface area (Å²) in [7, 11) is 1.56. The van der Waals surface area contributed by atoms with Crippen LogP contribution in [-0.2, 0) is 16.1 Å². The molecule has 3 N–H and O–H groups in total. The van der Waals surface area contributed by atoms with Crippen LogP contribution in [0.4, 0.5) is 0 Å². The van der Waals surface area contributed by atoms with Gasteiger partial charge >= 0.3 is 0 Å². The van der Waals surface area contributed by atoms with E-state index in [0.717, 1.165) is 30.8 Å². The monoisotopic (exact) mass is 294 g/mol. The number of ether oxygens (including phenoxy) is 2. The Morgan fingerprint density at radius 3 is 2.90 bits per heavy atom. The number of hydrogen-bond acceptors (Lipinski definition) is 4. The Labute approximate surface area is 126 Å². The molecule has 0 aromatic heterocycles. The molecule has 0 heterocycles. The van der Waals surface area contributed by atoms with Gasteiger partial charge in [0.1, 0.15) is 5.75 Å². The molecule has 1 unspecified atom stereocenters. The van der Waals surface area contributed by atoms with Crippen molar-refractivity contribution in [1.82, 2.24) is 5.32 Å². The summed E-state index contributed by atoms with van der Waals surface area (Å²) in [6.45, 7) is 3.66. The van der Waals surface area contributed by atoms with Crippen LogP contribution in [-0.4, -0.2) is 32.3 Å². The standard InChI is InChI=1S/C16H26N2O3/c1-3-4-8-21-14-7-5-6-13(9-14)12-18-16(19)10-15(11-17)20-2/h5-7,9,15H,3-4,8,10-12,17H2,1-2H3,(H,18,19). The van der Waals surface area contributed by atoms with Gasteiger partial charge in [-0.3, -0.25) is 4.79 Å². The normalized spacial score (nSPS) is 12.0. The van der Waals surface area contributed by atoms with Crippen molar-refractivity contribution >= 4 is 5.91 Å². The maximum atomic E-state index is 11.8. The molecule has 1 aromatic carbocycles. The van der Waals surface area contributed by atoms with Gasteiger partial charge in [-0.1, -0.05) is 25.5 Å². The molecule has 5 heteroatoms. The molecule has 0 aliphatic heterocycles. The first-order valence-corrected chi connectivity index (χ1v) is 7.40. The molecule has 118 valence electrons. The van der Waals surface area contributed by atoms with Crippen molar-refractivity contribution in [2.75, 3.05) is 20.3 Å². The number of nitrogens with two attached hydrogens (primary N) is 1. The highest BCUT2D eigenvalue weighted by molar-refractivity contribution is 5.76. The summed E-state index contributed by atoms with van der Waals surface area (Å²) in [4.78, 5) is 11.8. The smallest absolute Gasteiger partial charge is 0.222 e. The third kappa shape index (κ3) is 7.11. The van der Waals surface area contributed by atoms with Crippen molar-refractivity contribution < 1.29 is 14.3 Å². The van der Waals surface area contributed by atoms with Crippen LogP contribution in [0.5, 0.6) is 5.75 Å². The fourth-order valence-corrected chi connectivity index (χ4v) is 1.82. The van der Waals surface area contributed by atoms with Gasteiger partial charge in [0.2, 0.25) is 5.91 Å². The molecular weight excluding hydrogens is 268 g/mol. The fraction of sp³-hybridized carbons (Fsp3) is 0.562. The largest absolute Gasteiger partial charge is 0.494 e. The summed E-state index contributed by atoms with van der Waals surface area (Å²) in [5.41, 5.74) is 6.51. The molecule has 21 heavy (non-hydrogen) atoms. The lowest BCUT2D eigenvalue weighted by molar-refractivity contribution is -0.123. The molecule has 0 spiro atoms. The Morgan fingerprint density at radius 2 is 2.24 bits per heavy atom. The van der Waals surface area contributed by atoms with Crippen LogP contribution in [0.25, 0.3) is 0 Å². The Balaban J connectivity index is 2.40. The van der Waals surface area contributed by atoms with Crippen molar-refractivity contribution in [1.29, 1.82) is 0 Å². The Hall–Kier alpha value is -1.59. The summed E-state index contributed by atoms with van der Waals surface area (Å²) < 4.78 is 10.7. The zero-order valence-electron chi connectivity index (χ0n) is 12.9. The van der Waals surface area contributed by atoms with Crippen LogP contribution in [0.3, 0.4) is 0 Å². The summed E-state index contributed by atoms with van der Waals surface area (Å²) in [6, 6.07) is 7.77. The number of nitrogens with one attached hydrogen (secondary N) is 1. The SMILES string of the molecule is CCCCOc1cccc(CNC(=O)CC(CN)OC)c1. The van der Waals surface area contributed by atoms with Gasteiger partial charge in [0.25, 0.3) is 0 Å². The lowest BCUT2D eigenvalue weighted by Crippen LogP contribution is -2.31. The minimum absolute atomic E-state index is 0.0652. The van der Waals surface area contributed by atoms with Crippen molar-refractivity contribution in [2.24, 2.45) is 5.73 Å². The van der Waals surface area contributed by atoms with Crippen LogP contribution in [0.1, 0.15) is 31.7 Å². The van der Waals surface area contributed by atoms with Gasteiger partial charge < -0.3 is 20.5 Å². The summed E-state index contributed by atoms with van der Waals surface area (Å²) in [5, 5.41) is 2.86. The molecule has 0 bridgehead atoms. The molecule has 1 aromatic rings. The van der Waals surface area contributed by atoms with E-state index in [4.69, 9.17) is 15.2 Å². The zero-order valence-corrected chi connectivity index (χ0v) is 12.9. The van der Waals surface area contributed by atoms with Crippen molar-refractivity contribution in [3.8, 4) is 5.75 Å². The number of hydrogen-bond donors (Lipinski definition) is 2. The molecule has 0 fully saturated rings. The second-order valence-electron chi connectivity index (χ2n) is 4.92. The van der Waals surface area contributed by atoms with Gasteiger partial charge in [-0.25, -0.2) is 0 Å². The summed E-state index contributed by atoms with van der Waals surface area (Å²) in [5.74, 6) is 0.775. The van der Waals surface area contributed by atoms with E-state index >= 15 is 0 Å². The van der Waals surface area contributed by atoms with Gasteiger partial charge in [-0.2, -0.15) is 0 Å². The molecular formula is C16H26N2O3. The molecule has 0 aliphatic rings. The van der Waals surface area contributed by atoms with Crippen LogP contribution >= 0.6 is 0 Å². The zero-order chi connectivity index (χ0) is 15.5. The molecule has 0 aliphatic carbocycles. The molecule has 0 radical (unpaired) electrons. The molecule has 1 rings (SSSR count). The van der Waals surface area contributed by atoms with E-state index in [1.165, 1.54) is 0 Å². The average molecular weight is 294 g/mol. The molecule has 0 saturated heterocycles. The van der Waals surface area contributed by atoms with E-state index in [1.54, 1.807) is 7.11 Å². The average Bonchev–Trinajstić information content (AvgIpc) is 2.51. The van der Waals surface area contributed by atoms with Gasteiger partial charge in [0, 0.05) is 20.2 Å². The summed E-state index contributed by atoms with van der Waals surface area (Å²) in [6.07, 6.45) is 2.20. The first-order valence-electron chi connectivity index (χ1n) is 7.40. The minimum atomic E-state index is -0.228. The number of amides is 1. The maximum Gasteiger partial charge on any atom is 0.222 e. The number of unbranched alkanes of at least 4 members (excludes halogenated alkanes) is 1. The first kappa shape index (κ1) is 17.5. The predicted octanol–water partition coefficient (Wildman–Crippen LogP) is 1.85. The van der Waals surface area contributed by atoms with Gasteiger partial charge in [-0.05, 0) is 24.1 Å². The molecule has 5 nitrogen and oxygen atoms in total. The Morgan fingerprint density at radius 1 is 1.43 bits per heavy atom. The van der Waals surface area contributed by atoms with E-state index in [2.05, 4.69) is 12.2 Å². The topological polar surface area (TPSA) is 73.6 Å².